The Balaban J connectivity index is 1.14. The van der Waals surface area contributed by atoms with Crippen molar-refractivity contribution in [1.29, 1.82) is 0 Å². The Kier molecular flexibility index (Phi) is 6.55. The van der Waals surface area contributed by atoms with E-state index in [2.05, 4.69) is 36.9 Å². The molecule has 3 aromatic rings. The summed E-state index contributed by atoms with van der Waals surface area (Å²) in [4.78, 5) is 29.0. The minimum absolute atomic E-state index is 0.0184. The van der Waals surface area contributed by atoms with Crippen LogP contribution in [0.15, 0.2) is 41.5 Å². The number of H-pyrrole nitrogens is 1. The average molecular weight is 450 g/mol. The molecule has 1 atom stereocenters. The number of nitrogens with zero attached hydrogens (tertiary/aromatic N) is 4. The summed E-state index contributed by atoms with van der Waals surface area (Å²) in [5.74, 6) is 1.16. The van der Waals surface area contributed by atoms with Crippen molar-refractivity contribution in [3.05, 3.63) is 58.1 Å². The lowest BCUT2D eigenvalue weighted by atomic mass is 10.1. The van der Waals surface area contributed by atoms with Gasteiger partial charge in [-0.3, -0.25) is 14.7 Å². The molecular weight excluding hydrogens is 418 g/mol. The third kappa shape index (κ3) is 5.17. The van der Waals surface area contributed by atoms with Crippen LogP contribution in [-0.2, 0) is 17.7 Å². The van der Waals surface area contributed by atoms with Gasteiger partial charge in [-0.25, -0.2) is 4.98 Å². The normalized spacial score (nSPS) is 19.3. The lowest BCUT2D eigenvalue weighted by Gasteiger charge is -2.36. The number of fused-ring (bicyclic) bond motifs is 1. The standard InChI is InChI=1S/C25H31N5O3/c1-2-20-12-22-23(28-25(20)31)11-19(13-26-22)15-29-6-8-30(9-7-29)21-3-4-24(27-14-21)33-17-18-5-10-32-16-18/h3-4,11-14,18H,2,5-10,15-17H2,1H3,(H,28,31). The Morgan fingerprint density at radius 1 is 1.15 bits per heavy atom. The molecule has 5 rings (SSSR count). The summed E-state index contributed by atoms with van der Waals surface area (Å²) in [7, 11) is 0. The second-order valence-electron chi connectivity index (χ2n) is 8.91. The Hall–Kier alpha value is -2.97. The summed E-state index contributed by atoms with van der Waals surface area (Å²) in [6, 6.07) is 8.00. The van der Waals surface area contributed by atoms with E-state index in [-0.39, 0.29) is 5.56 Å². The van der Waals surface area contributed by atoms with Gasteiger partial charge in [0.2, 0.25) is 5.88 Å². The van der Waals surface area contributed by atoms with Crippen LogP contribution < -0.4 is 15.2 Å². The molecule has 1 unspecified atom stereocenters. The van der Waals surface area contributed by atoms with Crippen molar-refractivity contribution < 1.29 is 9.47 Å². The summed E-state index contributed by atoms with van der Waals surface area (Å²) < 4.78 is 11.2. The number of piperazine rings is 1. The van der Waals surface area contributed by atoms with Gasteiger partial charge in [-0.2, -0.15) is 0 Å². The minimum atomic E-state index is -0.0184. The maximum absolute atomic E-state index is 12.1. The van der Waals surface area contributed by atoms with Gasteiger partial charge in [0.15, 0.2) is 0 Å². The lowest BCUT2D eigenvalue weighted by Crippen LogP contribution is -2.46. The third-order valence-corrected chi connectivity index (χ3v) is 6.56. The number of nitrogens with one attached hydrogen (secondary N) is 1. The minimum Gasteiger partial charge on any atom is -0.477 e. The van der Waals surface area contributed by atoms with E-state index < -0.39 is 0 Å². The van der Waals surface area contributed by atoms with Crippen molar-refractivity contribution >= 4 is 16.7 Å². The molecule has 33 heavy (non-hydrogen) atoms. The molecule has 0 aliphatic carbocycles. The highest BCUT2D eigenvalue weighted by molar-refractivity contribution is 5.74. The highest BCUT2D eigenvalue weighted by Crippen LogP contribution is 2.21. The van der Waals surface area contributed by atoms with Crippen molar-refractivity contribution in [1.82, 2.24) is 19.9 Å². The van der Waals surface area contributed by atoms with Crippen LogP contribution in [0.2, 0.25) is 0 Å². The van der Waals surface area contributed by atoms with Gasteiger partial charge in [-0.1, -0.05) is 6.92 Å². The van der Waals surface area contributed by atoms with E-state index >= 15 is 0 Å². The van der Waals surface area contributed by atoms with E-state index in [1.165, 1.54) is 0 Å². The fourth-order valence-corrected chi connectivity index (χ4v) is 4.50. The molecular formula is C25H31N5O3. The monoisotopic (exact) mass is 449 g/mol. The summed E-state index contributed by atoms with van der Waals surface area (Å²) in [6.45, 7) is 8.91. The van der Waals surface area contributed by atoms with Gasteiger partial charge in [0.1, 0.15) is 0 Å². The first-order chi connectivity index (χ1) is 16.2. The molecule has 0 amide bonds. The van der Waals surface area contributed by atoms with E-state index in [0.29, 0.717) is 24.8 Å². The first-order valence-electron chi connectivity index (χ1n) is 11.8. The van der Waals surface area contributed by atoms with Gasteiger partial charge >= 0.3 is 0 Å². The number of aromatic nitrogens is 3. The predicted octanol–water partition coefficient (Wildman–Crippen LogP) is 2.62. The number of ether oxygens (including phenoxy) is 2. The Labute approximate surface area is 193 Å². The van der Waals surface area contributed by atoms with Crippen molar-refractivity contribution in [2.45, 2.75) is 26.3 Å². The Bertz CT molecular complexity index is 1130. The molecule has 2 fully saturated rings. The van der Waals surface area contributed by atoms with E-state index in [1.54, 1.807) is 0 Å². The number of hydrogen-bond acceptors (Lipinski definition) is 7. The molecule has 0 radical (unpaired) electrons. The van der Waals surface area contributed by atoms with Crippen LogP contribution in [0.25, 0.3) is 11.0 Å². The van der Waals surface area contributed by atoms with Gasteiger partial charge in [-0.05, 0) is 36.6 Å². The lowest BCUT2D eigenvalue weighted by molar-refractivity contribution is 0.165. The van der Waals surface area contributed by atoms with E-state index in [0.717, 1.165) is 80.2 Å². The van der Waals surface area contributed by atoms with Gasteiger partial charge in [0.25, 0.3) is 5.56 Å². The van der Waals surface area contributed by atoms with Crippen molar-refractivity contribution in [2.75, 3.05) is 50.9 Å². The van der Waals surface area contributed by atoms with E-state index in [4.69, 9.17) is 9.47 Å². The van der Waals surface area contributed by atoms with E-state index in [1.807, 2.05) is 31.5 Å². The predicted molar refractivity (Wildman–Crippen MR) is 128 cm³/mol. The van der Waals surface area contributed by atoms with Crippen molar-refractivity contribution in [2.24, 2.45) is 5.92 Å². The number of aromatic amines is 1. The Morgan fingerprint density at radius 3 is 2.76 bits per heavy atom. The fourth-order valence-electron chi connectivity index (χ4n) is 4.50. The van der Waals surface area contributed by atoms with Gasteiger partial charge < -0.3 is 19.4 Å². The largest absolute Gasteiger partial charge is 0.477 e. The smallest absolute Gasteiger partial charge is 0.251 e. The molecule has 3 aromatic heterocycles. The quantitative estimate of drug-likeness (QED) is 0.594. The van der Waals surface area contributed by atoms with Crippen LogP contribution in [0.4, 0.5) is 5.69 Å². The molecule has 2 aliphatic heterocycles. The summed E-state index contributed by atoms with van der Waals surface area (Å²) in [5, 5.41) is 0. The van der Waals surface area contributed by atoms with Crippen LogP contribution in [0.5, 0.6) is 5.88 Å². The van der Waals surface area contributed by atoms with Crippen molar-refractivity contribution in [3.63, 3.8) is 0 Å². The van der Waals surface area contributed by atoms with Crippen LogP contribution >= 0.6 is 0 Å². The molecule has 0 saturated carbocycles. The molecule has 0 aromatic carbocycles. The number of hydrogen-bond donors (Lipinski definition) is 1. The van der Waals surface area contributed by atoms with Crippen LogP contribution in [0.1, 0.15) is 24.5 Å². The van der Waals surface area contributed by atoms with Crippen LogP contribution in [0.3, 0.4) is 0 Å². The molecule has 2 aliphatic rings. The fraction of sp³-hybridized carbons (Fsp3) is 0.480. The number of aryl methyl sites for hydroxylation is 1. The third-order valence-electron chi connectivity index (χ3n) is 6.56. The molecule has 2 saturated heterocycles. The maximum Gasteiger partial charge on any atom is 0.251 e. The number of pyridine rings is 3. The van der Waals surface area contributed by atoms with Crippen LogP contribution in [-0.4, -0.2) is 65.9 Å². The van der Waals surface area contributed by atoms with Crippen LogP contribution in [0, 0.1) is 5.92 Å². The zero-order valence-corrected chi connectivity index (χ0v) is 19.1. The second-order valence-corrected chi connectivity index (χ2v) is 8.91. The zero-order chi connectivity index (χ0) is 22.6. The average Bonchev–Trinajstić information content (AvgIpc) is 3.37. The SMILES string of the molecule is CCc1cc2ncc(CN3CCN(c4ccc(OCC5CCOC5)nc4)CC3)cc2[nH]c1=O. The molecule has 1 N–H and O–H groups in total. The summed E-state index contributed by atoms with van der Waals surface area (Å²) >= 11 is 0. The summed E-state index contributed by atoms with van der Waals surface area (Å²) in [5.41, 5.74) is 4.65. The van der Waals surface area contributed by atoms with Gasteiger partial charge in [-0.15, -0.1) is 0 Å². The molecule has 5 heterocycles. The molecule has 8 nitrogen and oxygen atoms in total. The highest BCUT2D eigenvalue weighted by Gasteiger charge is 2.19. The molecule has 0 spiro atoms. The molecule has 0 bridgehead atoms. The Morgan fingerprint density at radius 2 is 2.03 bits per heavy atom. The van der Waals surface area contributed by atoms with Crippen molar-refractivity contribution in [3.8, 4) is 5.88 Å². The topological polar surface area (TPSA) is 83.6 Å². The van der Waals surface area contributed by atoms with Gasteiger partial charge in [0, 0.05) is 63.1 Å². The molecule has 174 valence electrons. The van der Waals surface area contributed by atoms with Gasteiger partial charge in [0.05, 0.1) is 36.1 Å². The number of rotatable bonds is 7. The zero-order valence-electron chi connectivity index (χ0n) is 19.1. The first kappa shape index (κ1) is 21.9. The first-order valence-corrected chi connectivity index (χ1v) is 11.8. The maximum atomic E-state index is 12.1. The van der Waals surface area contributed by atoms with E-state index in [9.17, 15) is 4.79 Å². The summed E-state index contributed by atoms with van der Waals surface area (Å²) in [6.07, 6.45) is 5.60. The highest BCUT2D eigenvalue weighted by atomic mass is 16.5. The number of anilines is 1. The second kappa shape index (κ2) is 9.89. The molecule has 8 heteroatoms.